The molecule has 366 valence electrons. The predicted molar refractivity (Wildman–Crippen MR) is 268 cm³/mol. The first-order chi connectivity index (χ1) is 30.0. The molecular weight excluding hydrogens is 792 g/mol. The molecule has 0 fully saturated rings. The molecule has 0 radical (unpaired) electrons. The summed E-state index contributed by atoms with van der Waals surface area (Å²) < 4.78 is 23.5. The number of amides is 1. The average Bonchev–Trinajstić information content (AvgIpc) is 3.23. The molecule has 0 heterocycles. The van der Waals surface area contributed by atoms with Crippen LogP contribution in [0.1, 0.15) is 245 Å². The summed E-state index contributed by atoms with van der Waals surface area (Å²) in [6, 6.07) is -0.865. The number of aliphatic hydroxyl groups excluding tert-OH is 1. The molecule has 0 saturated heterocycles. The van der Waals surface area contributed by atoms with Gasteiger partial charge in [0.1, 0.15) is 13.2 Å². The van der Waals surface area contributed by atoms with Crippen LogP contribution in [0.3, 0.4) is 0 Å². The number of hydrogen-bond acceptors (Lipinski definition) is 5. The number of phosphoric acid groups is 1. The largest absolute Gasteiger partial charge is 0.472 e. The quantitative estimate of drug-likeness (QED) is 0.0243. The summed E-state index contributed by atoms with van der Waals surface area (Å²) in [6.07, 6.45) is 57.0. The van der Waals surface area contributed by atoms with Crippen molar-refractivity contribution in [3.63, 3.8) is 0 Å². The van der Waals surface area contributed by atoms with Gasteiger partial charge in [-0.3, -0.25) is 13.8 Å². The molecule has 8 nitrogen and oxygen atoms in total. The van der Waals surface area contributed by atoms with E-state index in [4.69, 9.17) is 9.05 Å². The van der Waals surface area contributed by atoms with E-state index in [9.17, 15) is 19.4 Å². The van der Waals surface area contributed by atoms with Gasteiger partial charge in [-0.1, -0.05) is 224 Å². The average molecular weight is 896 g/mol. The lowest BCUT2D eigenvalue weighted by Gasteiger charge is -2.25. The maximum atomic E-state index is 12.8. The minimum atomic E-state index is -4.35. The molecule has 0 aromatic rings. The molecular formula is C53H104N2O6P+. The number of hydrogen-bond donors (Lipinski definition) is 3. The van der Waals surface area contributed by atoms with Crippen LogP contribution in [0.25, 0.3) is 0 Å². The Morgan fingerprint density at radius 1 is 0.532 bits per heavy atom. The van der Waals surface area contributed by atoms with Crippen LogP contribution >= 0.6 is 7.82 Å². The number of quaternary nitrogens is 1. The van der Waals surface area contributed by atoms with Crippen molar-refractivity contribution in [3.05, 3.63) is 36.5 Å². The Labute approximate surface area is 385 Å². The van der Waals surface area contributed by atoms with Gasteiger partial charge >= 0.3 is 7.82 Å². The number of carbonyl (C=O) groups excluding carboxylic acids is 1. The Morgan fingerprint density at radius 3 is 1.35 bits per heavy atom. The molecule has 62 heavy (non-hydrogen) atoms. The molecule has 3 unspecified atom stereocenters. The van der Waals surface area contributed by atoms with Crippen molar-refractivity contribution in [1.82, 2.24) is 5.32 Å². The van der Waals surface area contributed by atoms with Crippen molar-refractivity contribution in [1.29, 1.82) is 0 Å². The number of allylic oxidation sites excluding steroid dienone is 5. The lowest BCUT2D eigenvalue weighted by Crippen LogP contribution is -2.45. The molecule has 9 heteroatoms. The minimum Gasteiger partial charge on any atom is -0.387 e. The van der Waals surface area contributed by atoms with E-state index in [1.54, 1.807) is 6.08 Å². The number of nitrogens with zero attached hydrogens (tertiary/aromatic N) is 1. The van der Waals surface area contributed by atoms with E-state index < -0.39 is 20.0 Å². The van der Waals surface area contributed by atoms with E-state index in [-0.39, 0.29) is 19.1 Å². The lowest BCUT2D eigenvalue weighted by atomic mass is 10.0. The first kappa shape index (κ1) is 60.7. The molecule has 1 amide bonds. The van der Waals surface area contributed by atoms with Crippen LogP contribution in [0.15, 0.2) is 36.5 Å². The van der Waals surface area contributed by atoms with Gasteiger partial charge in [0.25, 0.3) is 0 Å². The van der Waals surface area contributed by atoms with E-state index >= 15 is 0 Å². The molecule has 0 saturated carbocycles. The number of phosphoric ester groups is 1. The van der Waals surface area contributed by atoms with Gasteiger partial charge in [-0.15, -0.1) is 0 Å². The zero-order chi connectivity index (χ0) is 45.7. The standard InChI is InChI=1S/C53H103N2O6P/c1-6-8-10-12-14-16-18-19-20-21-22-23-24-25-26-27-28-29-30-31-32-33-34-35-36-37-38-40-42-44-46-52(56)51(50-61-62(58,59)60-49-48-55(3,4)5)54-53(57)47-45-43-41-39-17-15-13-11-9-7-2/h11,13,37-38,44,46,51-52,56H,6-10,12,14-36,39-43,45,47-50H2,1-5H3,(H-,54,57,58,59)/p+1/b13-11-,38-37+,46-44+. The summed E-state index contributed by atoms with van der Waals surface area (Å²) in [4.78, 5) is 23.1. The zero-order valence-electron chi connectivity index (χ0n) is 41.6. The molecule has 0 spiro atoms. The molecule has 3 atom stereocenters. The second-order valence-electron chi connectivity index (χ2n) is 19.2. The number of likely N-dealkylation sites (N-methyl/N-ethyl adjacent to an activating group) is 1. The van der Waals surface area contributed by atoms with Gasteiger partial charge in [0.05, 0.1) is 39.9 Å². The number of carbonyl (C=O) groups is 1. The van der Waals surface area contributed by atoms with Gasteiger partial charge in [0.2, 0.25) is 5.91 Å². The Kier molecular flexibility index (Phi) is 44.0. The summed E-state index contributed by atoms with van der Waals surface area (Å²) >= 11 is 0. The van der Waals surface area contributed by atoms with Crippen molar-refractivity contribution in [2.24, 2.45) is 0 Å². The lowest BCUT2D eigenvalue weighted by molar-refractivity contribution is -0.870. The van der Waals surface area contributed by atoms with Crippen molar-refractivity contribution < 1.29 is 32.9 Å². The van der Waals surface area contributed by atoms with E-state index in [0.717, 1.165) is 64.2 Å². The third kappa shape index (κ3) is 46.7. The van der Waals surface area contributed by atoms with Gasteiger partial charge in [-0.25, -0.2) is 4.57 Å². The summed E-state index contributed by atoms with van der Waals surface area (Å²) in [6.45, 7) is 4.73. The number of nitrogens with one attached hydrogen (secondary N) is 1. The SMILES string of the molecule is CCC/C=C\CCCCCCCC(=O)NC(COP(=O)(O)OCC[N+](C)(C)C)C(O)/C=C/CC/C=C/CCCCCCCCCCCCCCCCCCCCCCCCCC. The van der Waals surface area contributed by atoms with Crippen LogP contribution in [0.4, 0.5) is 0 Å². The van der Waals surface area contributed by atoms with Crippen LogP contribution in [-0.2, 0) is 18.4 Å². The fourth-order valence-electron chi connectivity index (χ4n) is 7.65. The Bertz CT molecular complexity index is 1110. The Morgan fingerprint density at radius 2 is 0.919 bits per heavy atom. The molecule has 0 aliphatic rings. The monoisotopic (exact) mass is 896 g/mol. The van der Waals surface area contributed by atoms with Crippen molar-refractivity contribution in [3.8, 4) is 0 Å². The third-order valence-electron chi connectivity index (χ3n) is 11.8. The topological polar surface area (TPSA) is 105 Å². The summed E-state index contributed by atoms with van der Waals surface area (Å²) in [5.41, 5.74) is 0. The maximum Gasteiger partial charge on any atom is 0.472 e. The fraction of sp³-hybridized carbons (Fsp3) is 0.868. The molecule has 0 aromatic carbocycles. The first-order valence-electron chi connectivity index (χ1n) is 26.4. The molecule has 0 rings (SSSR count). The maximum absolute atomic E-state index is 12.8. The van der Waals surface area contributed by atoms with Gasteiger partial charge < -0.3 is 19.8 Å². The minimum absolute atomic E-state index is 0.0545. The number of rotatable bonds is 48. The molecule has 0 bridgehead atoms. The molecule has 0 aliphatic carbocycles. The third-order valence-corrected chi connectivity index (χ3v) is 12.8. The van der Waals surface area contributed by atoms with Crippen molar-refractivity contribution >= 4 is 13.7 Å². The summed E-state index contributed by atoms with van der Waals surface area (Å²) in [5, 5.41) is 13.8. The second-order valence-corrected chi connectivity index (χ2v) is 20.7. The Balaban J connectivity index is 4.11. The van der Waals surface area contributed by atoms with E-state index in [1.165, 1.54) is 161 Å². The molecule has 0 aromatic heterocycles. The fourth-order valence-corrected chi connectivity index (χ4v) is 8.39. The molecule has 0 aliphatic heterocycles. The van der Waals surface area contributed by atoms with Gasteiger partial charge in [-0.05, 0) is 51.4 Å². The second kappa shape index (κ2) is 44.9. The highest BCUT2D eigenvalue weighted by Gasteiger charge is 2.27. The van der Waals surface area contributed by atoms with E-state index in [2.05, 4.69) is 43.5 Å². The van der Waals surface area contributed by atoms with Crippen molar-refractivity contribution in [2.75, 3.05) is 40.9 Å². The number of unbranched alkanes of at least 4 members (excludes halogenated alkanes) is 31. The Hall–Kier alpha value is -1.28. The summed E-state index contributed by atoms with van der Waals surface area (Å²) in [7, 11) is 1.55. The highest BCUT2D eigenvalue weighted by Crippen LogP contribution is 2.43. The van der Waals surface area contributed by atoms with Gasteiger partial charge in [0, 0.05) is 6.42 Å². The normalized spacial score (nSPS) is 14.4. The van der Waals surface area contributed by atoms with E-state index in [0.29, 0.717) is 17.4 Å². The number of aliphatic hydroxyl groups is 1. The first-order valence-corrected chi connectivity index (χ1v) is 27.9. The van der Waals surface area contributed by atoms with Crippen molar-refractivity contribution in [2.45, 2.75) is 257 Å². The van der Waals surface area contributed by atoms with Crippen LogP contribution in [0, 0.1) is 0 Å². The highest BCUT2D eigenvalue weighted by molar-refractivity contribution is 7.47. The van der Waals surface area contributed by atoms with Gasteiger partial charge in [0.15, 0.2) is 0 Å². The van der Waals surface area contributed by atoms with Crippen LogP contribution in [-0.4, -0.2) is 73.4 Å². The van der Waals surface area contributed by atoms with Crippen LogP contribution in [0.2, 0.25) is 0 Å². The smallest absolute Gasteiger partial charge is 0.387 e. The van der Waals surface area contributed by atoms with Crippen LogP contribution in [0.5, 0.6) is 0 Å². The summed E-state index contributed by atoms with van der Waals surface area (Å²) in [5.74, 6) is -0.198. The van der Waals surface area contributed by atoms with E-state index in [1.807, 2.05) is 27.2 Å². The molecule has 3 N–H and O–H groups in total. The predicted octanol–water partition coefficient (Wildman–Crippen LogP) is 15.4. The van der Waals surface area contributed by atoms with Crippen LogP contribution < -0.4 is 5.32 Å². The highest BCUT2D eigenvalue weighted by atomic mass is 31.2. The zero-order valence-corrected chi connectivity index (χ0v) is 42.5. The van der Waals surface area contributed by atoms with Gasteiger partial charge in [-0.2, -0.15) is 0 Å².